The topological polar surface area (TPSA) is 39.9 Å². The van der Waals surface area contributed by atoms with E-state index in [0.29, 0.717) is 5.02 Å². The molecule has 1 aromatic carbocycles. The summed E-state index contributed by atoms with van der Waals surface area (Å²) in [7, 11) is 0. The van der Waals surface area contributed by atoms with Gasteiger partial charge in [0.25, 0.3) is 0 Å². The summed E-state index contributed by atoms with van der Waals surface area (Å²) in [5, 5.41) is 10.3. The molecule has 1 aromatic heterocycles. The third-order valence-corrected chi connectivity index (χ3v) is 4.61. The van der Waals surface area contributed by atoms with Crippen molar-refractivity contribution >= 4 is 11.6 Å². The molecule has 0 saturated carbocycles. The molecule has 1 aliphatic heterocycles. The average Bonchev–Trinajstić information content (AvgIpc) is 2.57. The molecule has 112 valence electrons. The molecular formula is C18H18ClN3. The zero-order chi connectivity index (χ0) is 15.4. The molecule has 0 unspecified atom stereocenters. The number of nitrogens with zero attached hydrogens (tertiary/aromatic N) is 3. The van der Waals surface area contributed by atoms with E-state index in [1.165, 1.54) is 5.56 Å². The summed E-state index contributed by atoms with van der Waals surface area (Å²) in [6.07, 6.45) is 3.25. The Kier molecular flexibility index (Phi) is 4.42. The highest BCUT2D eigenvalue weighted by Gasteiger charge is 2.37. The Morgan fingerprint density at radius 1 is 1.14 bits per heavy atom. The molecule has 3 rings (SSSR count). The first-order valence-electron chi connectivity index (χ1n) is 7.51. The zero-order valence-corrected chi connectivity index (χ0v) is 13.1. The van der Waals surface area contributed by atoms with Gasteiger partial charge in [-0.15, -0.1) is 0 Å². The van der Waals surface area contributed by atoms with Crippen LogP contribution in [0.5, 0.6) is 0 Å². The van der Waals surface area contributed by atoms with E-state index < -0.39 is 5.41 Å². The predicted molar refractivity (Wildman–Crippen MR) is 87.5 cm³/mol. The fourth-order valence-electron chi connectivity index (χ4n) is 3.02. The Morgan fingerprint density at radius 2 is 1.86 bits per heavy atom. The number of pyridine rings is 1. The van der Waals surface area contributed by atoms with Crippen LogP contribution in [0.25, 0.3) is 0 Å². The van der Waals surface area contributed by atoms with Gasteiger partial charge in [0.2, 0.25) is 0 Å². The number of aromatic nitrogens is 1. The molecule has 22 heavy (non-hydrogen) atoms. The molecule has 1 aliphatic rings. The summed E-state index contributed by atoms with van der Waals surface area (Å²) in [6.45, 7) is 2.76. The van der Waals surface area contributed by atoms with Crippen LogP contribution in [-0.2, 0) is 12.0 Å². The van der Waals surface area contributed by atoms with Gasteiger partial charge in [-0.2, -0.15) is 5.26 Å². The lowest BCUT2D eigenvalue weighted by Gasteiger charge is -2.37. The summed E-state index contributed by atoms with van der Waals surface area (Å²) >= 11 is 5.90. The number of rotatable bonds is 3. The van der Waals surface area contributed by atoms with Crippen molar-refractivity contribution in [2.45, 2.75) is 24.8 Å². The van der Waals surface area contributed by atoms with Crippen molar-refractivity contribution in [1.82, 2.24) is 9.88 Å². The predicted octanol–water partition coefficient (Wildman–Crippen LogP) is 3.79. The molecule has 1 fully saturated rings. The molecule has 0 bridgehead atoms. The number of benzene rings is 1. The molecule has 2 aromatic rings. The van der Waals surface area contributed by atoms with Gasteiger partial charge >= 0.3 is 0 Å². The monoisotopic (exact) mass is 311 g/mol. The molecule has 2 heterocycles. The maximum absolute atomic E-state index is 9.70. The Hall–Kier alpha value is -1.89. The van der Waals surface area contributed by atoms with Crippen LogP contribution in [0.15, 0.2) is 48.7 Å². The first-order valence-corrected chi connectivity index (χ1v) is 7.89. The first-order chi connectivity index (χ1) is 10.7. The molecule has 0 radical (unpaired) electrons. The lowest BCUT2D eigenvalue weighted by molar-refractivity contribution is 0.177. The highest BCUT2D eigenvalue weighted by Crippen LogP contribution is 2.34. The molecular weight excluding hydrogens is 294 g/mol. The van der Waals surface area contributed by atoms with Crippen LogP contribution in [-0.4, -0.2) is 23.0 Å². The van der Waals surface area contributed by atoms with E-state index in [2.05, 4.69) is 40.2 Å². The van der Waals surface area contributed by atoms with Crippen molar-refractivity contribution in [3.63, 3.8) is 0 Å². The van der Waals surface area contributed by atoms with Crippen LogP contribution in [0.3, 0.4) is 0 Å². The number of nitriles is 1. The number of piperidine rings is 1. The third kappa shape index (κ3) is 3.14. The lowest BCUT2D eigenvalue weighted by atomic mass is 9.76. The normalized spacial score (nSPS) is 17.8. The SMILES string of the molecule is N#CC1(c2ccc(Cl)cn2)CCN(Cc2ccccc2)CC1. The summed E-state index contributed by atoms with van der Waals surface area (Å²) in [4.78, 5) is 6.78. The van der Waals surface area contributed by atoms with E-state index in [-0.39, 0.29) is 0 Å². The highest BCUT2D eigenvalue weighted by atomic mass is 35.5. The molecule has 0 spiro atoms. The van der Waals surface area contributed by atoms with Crippen LogP contribution in [0, 0.1) is 11.3 Å². The smallest absolute Gasteiger partial charge is 0.102 e. The minimum absolute atomic E-state index is 0.474. The Labute approximate surface area is 136 Å². The average molecular weight is 312 g/mol. The molecule has 1 saturated heterocycles. The van der Waals surface area contributed by atoms with Crippen molar-refractivity contribution in [3.05, 3.63) is 64.9 Å². The number of likely N-dealkylation sites (tertiary alicyclic amines) is 1. The molecule has 0 aliphatic carbocycles. The van der Waals surface area contributed by atoms with E-state index in [0.717, 1.165) is 38.2 Å². The minimum Gasteiger partial charge on any atom is -0.299 e. The summed E-state index contributed by atoms with van der Waals surface area (Å²) in [5.41, 5.74) is 1.69. The van der Waals surface area contributed by atoms with Crippen molar-refractivity contribution in [3.8, 4) is 6.07 Å². The minimum atomic E-state index is -0.474. The van der Waals surface area contributed by atoms with E-state index in [4.69, 9.17) is 11.6 Å². The molecule has 0 amide bonds. The first kappa shape index (κ1) is 15.0. The van der Waals surface area contributed by atoms with Crippen molar-refractivity contribution in [1.29, 1.82) is 5.26 Å². The third-order valence-electron chi connectivity index (χ3n) is 4.39. The van der Waals surface area contributed by atoms with Gasteiger partial charge in [-0.3, -0.25) is 9.88 Å². The number of hydrogen-bond donors (Lipinski definition) is 0. The molecule has 3 nitrogen and oxygen atoms in total. The van der Waals surface area contributed by atoms with E-state index in [1.807, 2.05) is 18.2 Å². The van der Waals surface area contributed by atoms with Crippen molar-refractivity contribution < 1.29 is 0 Å². The standard InChI is InChI=1S/C18H18ClN3/c19-16-6-7-17(21-12-16)18(14-20)8-10-22(11-9-18)13-15-4-2-1-3-5-15/h1-7,12H,8-11,13H2. The van der Waals surface area contributed by atoms with Crippen LogP contribution in [0.2, 0.25) is 5.02 Å². The van der Waals surface area contributed by atoms with Gasteiger partial charge in [-0.1, -0.05) is 41.9 Å². The molecule has 0 atom stereocenters. The van der Waals surface area contributed by atoms with Crippen LogP contribution < -0.4 is 0 Å². The van der Waals surface area contributed by atoms with Crippen LogP contribution >= 0.6 is 11.6 Å². The van der Waals surface area contributed by atoms with Gasteiger partial charge in [-0.05, 0) is 30.5 Å². The van der Waals surface area contributed by atoms with Gasteiger partial charge < -0.3 is 0 Å². The van der Waals surface area contributed by atoms with Gasteiger partial charge in [0.05, 0.1) is 16.8 Å². The largest absolute Gasteiger partial charge is 0.299 e. The quantitative estimate of drug-likeness (QED) is 0.865. The fraction of sp³-hybridized carbons (Fsp3) is 0.333. The van der Waals surface area contributed by atoms with Crippen LogP contribution in [0.4, 0.5) is 0 Å². The summed E-state index contributed by atoms with van der Waals surface area (Å²) in [6, 6.07) is 16.7. The van der Waals surface area contributed by atoms with Gasteiger partial charge in [0.1, 0.15) is 5.41 Å². The van der Waals surface area contributed by atoms with Crippen molar-refractivity contribution in [2.24, 2.45) is 0 Å². The second kappa shape index (κ2) is 6.48. The van der Waals surface area contributed by atoms with Crippen molar-refractivity contribution in [2.75, 3.05) is 13.1 Å². The molecule has 0 N–H and O–H groups in total. The summed E-state index contributed by atoms with van der Waals surface area (Å²) < 4.78 is 0. The second-order valence-corrected chi connectivity index (χ2v) is 6.25. The zero-order valence-electron chi connectivity index (χ0n) is 12.4. The highest BCUT2D eigenvalue weighted by molar-refractivity contribution is 6.30. The molecule has 4 heteroatoms. The fourth-order valence-corrected chi connectivity index (χ4v) is 3.13. The maximum atomic E-state index is 9.70. The van der Waals surface area contributed by atoms with E-state index >= 15 is 0 Å². The Balaban J connectivity index is 1.69. The lowest BCUT2D eigenvalue weighted by Crippen LogP contribution is -2.41. The van der Waals surface area contributed by atoms with Gasteiger partial charge in [0.15, 0.2) is 0 Å². The number of halogens is 1. The van der Waals surface area contributed by atoms with E-state index in [9.17, 15) is 5.26 Å². The van der Waals surface area contributed by atoms with Gasteiger partial charge in [0, 0.05) is 25.8 Å². The second-order valence-electron chi connectivity index (χ2n) is 5.82. The van der Waals surface area contributed by atoms with Gasteiger partial charge in [-0.25, -0.2) is 0 Å². The number of hydrogen-bond acceptors (Lipinski definition) is 3. The van der Waals surface area contributed by atoms with Crippen LogP contribution in [0.1, 0.15) is 24.1 Å². The van der Waals surface area contributed by atoms with E-state index in [1.54, 1.807) is 6.20 Å². The Bertz CT molecular complexity index is 653. The summed E-state index contributed by atoms with van der Waals surface area (Å²) in [5.74, 6) is 0. The maximum Gasteiger partial charge on any atom is 0.102 e. The Morgan fingerprint density at radius 3 is 2.45 bits per heavy atom.